The average molecular weight is 264 g/mol. The Bertz CT molecular complexity index is 457. The van der Waals surface area contributed by atoms with E-state index in [1.165, 1.54) is 0 Å². The molecule has 0 atom stereocenters. The summed E-state index contributed by atoms with van der Waals surface area (Å²) in [7, 11) is 1.80. The van der Waals surface area contributed by atoms with Gasteiger partial charge in [-0.25, -0.2) is 0 Å². The lowest BCUT2D eigenvalue weighted by molar-refractivity contribution is 0.0738. The number of hydrogen-bond donors (Lipinski definition) is 1. The Morgan fingerprint density at radius 2 is 2.05 bits per heavy atom. The number of nitrogens with zero attached hydrogens (tertiary/aromatic N) is 3. The highest BCUT2D eigenvalue weighted by Crippen LogP contribution is 2.17. The molecule has 1 aromatic heterocycles. The Morgan fingerprint density at radius 1 is 1.42 bits per heavy atom. The molecule has 106 valence electrons. The van der Waals surface area contributed by atoms with Crippen LogP contribution in [0.1, 0.15) is 42.5 Å². The SMILES string of the molecule is CCc1nnc(C)cc1C(=O)N(C)CC(C)(C)CN. The Labute approximate surface area is 115 Å². The molecule has 0 saturated heterocycles. The lowest BCUT2D eigenvalue weighted by Crippen LogP contribution is -2.40. The Morgan fingerprint density at radius 3 is 2.58 bits per heavy atom. The van der Waals surface area contributed by atoms with Crippen LogP contribution in [0.25, 0.3) is 0 Å². The Hall–Kier alpha value is -1.49. The normalized spacial score (nSPS) is 11.5. The van der Waals surface area contributed by atoms with Gasteiger partial charge in [-0.1, -0.05) is 20.8 Å². The van der Waals surface area contributed by atoms with Gasteiger partial charge in [-0.3, -0.25) is 4.79 Å². The minimum Gasteiger partial charge on any atom is -0.341 e. The van der Waals surface area contributed by atoms with Crippen molar-refractivity contribution in [3.05, 3.63) is 23.0 Å². The van der Waals surface area contributed by atoms with Crippen LogP contribution in [-0.2, 0) is 6.42 Å². The van der Waals surface area contributed by atoms with Crippen molar-refractivity contribution < 1.29 is 4.79 Å². The molecular weight excluding hydrogens is 240 g/mol. The van der Waals surface area contributed by atoms with Crippen LogP contribution in [0.5, 0.6) is 0 Å². The topological polar surface area (TPSA) is 72.1 Å². The van der Waals surface area contributed by atoms with Gasteiger partial charge >= 0.3 is 0 Å². The lowest BCUT2D eigenvalue weighted by atomic mass is 9.93. The van der Waals surface area contributed by atoms with Gasteiger partial charge in [0.1, 0.15) is 0 Å². The van der Waals surface area contributed by atoms with Crippen molar-refractivity contribution in [1.29, 1.82) is 0 Å². The molecule has 0 aliphatic rings. The first kappa shape index (κ1) is 15.6. The minimum absolute atomic E-state index is 0.0172. The molecule has 2 N–H and O–H groups in total. The molecule has 0 aliphatic heterocycles. The zero-order chi connectivity index (χ0) is 14.6. The number of hydrogen-bond acceptors (Lipinski definition) is 4. The highest BCUT2D eigenvalue weighted by Gasteiger charge is 2.23. The van der Waals surface area contributed by atoms with E-state index in [-0.39, 0.29) is 11.3 Å². The van der Waals surface area contributed by atoms with Crippen LogP contribution in [0.15, 0.2) is 6.07 Å². The highest BCUT2D eigenvalue weighted by atomic mass is 16.2. The third-order valence-electron chi connectivity index (χ3n) is 3.12. The van der Waals surface area contributed by atoms with Gasteiger partial charge < -0.3 is 10.6 Å². The van der Waals surface area contributed by atoms with E-state index in [4.69, 9.17) is 5.73 Å². The number of rotatable bonds is 5. The van der Waals surface area contributed by atoms with Crippen molar-refractivity contribution in [2.75, 3.05) is 20.1 Å². The standard InChI is InChI=1S/C14H24N4O/c1-6-12-11(7-10(2)16-17-12)13(19)18(5)9-14(3,4)8-15/h7H,6,8-9,15H2,1-5H3. The van der Waals surface area contributed by atoms with Crippen LogP contribution in [0, 0.1) is 12.3 Å². The molecular formula is C14H24N4O. The summed E-state index contributed by atoms with van der Waals surface area (Å²) in [6.07, 6.45) is 0.697. The van der Waals surface area contributed by atoms with Gasteiger partial charge in [0.25, 0.3) is 5.91 Å². The number of amides is 1. The quantitative estimate of drug-likeness (QED) is 0.872. The van der Waals surface area contributed by atoms with Crippen molar-refractivity contribution >= 4 is 5.91 Å². The van der Waals surface area contributed by atoms with Gasteiger partial charge in [-0.05, 0) is 31.4 Å². The molecule has 5 nitrogen and oxygen atoms in total. The number of aryl methyl sites for hydroxylation is 2. The van der Waals surface area contributed by atoms with E-state index in [0.717, 1.165) is 11.4 Å². The second-order valence-electron chi connectivity index (χ2n) is 5.73. The van der Waals surface area contributed by atoms with Gasteiger partial charge in [0.15, 0.2) is 0 Å². The molecule has 1 rings (SSSR count). The summed E-state index contributed by atoms with van der Waals surface area (Å²) in [5, 5.41) is 8.10. The largest absolute Gasteiger partial charge is 0.341 e. The maximum Gasteiger partial charge on any atom is 0.255 e. The number of carbonyl (C=O) groups is 1. The summed E-state index contributed by atoms with van der Waals surface area (Å²) in [6.45, 7) is 9.07. The second-order valence-corrected chi connectivity index (χ2v) is 5.73. The molecule has 0 radical (unpaired) electrons. The zero-order valence-corrected chi connectivity index (χ0v) is 12.5. The summed E-state index contributed by atoms with van der Waals surface area (Å²) in [4.78, 5) is 14.2. The van der Waals surface area contributed by atoms with E-state index >= 15 is 0 Å². The van der Waals surface area contributed by atoms with E-state index in [9.17, 15) is 4.79 Å². The first-order valence-electron chi connectivity index (χ1n) is 6.59. The van der Waals surface area contributed by atoms with Crippen LogP contribution < -0.4 is 5.73 Å². The molecule has 5 heteroatoms. The maximum absolute atomic E-state index is 12.5. The van der Waals surface area contributed by atoms with Crippen molar-refractivity contribution in [2.45, 2.75) is 34.1 Å². The van der Waals surface area contributed by atoms with E-state index < -0.39 is 0 Å². The molecule has 0 fully saturated rings. The number of carbonyl (C=O) groups excluding carboxylic acids is 1. The third kappa shape index (κ3) is 3.99. The van der Waals surface area contributed by atoms with Crippen LogP contribution in [0.3, 0.4) is 0 Å². The van der Waals surface area contributed by atoms with Crippen LogP contribution in [0.2, 0.25) is 0 Å². The predicted molar refractivity (Wildman–Crippen MR) is 75.9 cm³/mol. The summed E-state index contributed by atoms with van der Waals surface area (Å²) in [5.41, 5.74) is 7.77. The number of nitrogens with two attached hydrogens (primary N) is 1. The van der Waals surface area contributed by atoms with Crippen LogP contribution >= 0.6 is 0 Å². The molecule has 0 unspecified atom stereocenters. The monoisotopic (exact) mass is 264 g/mol. The second kappa shape index (κ2) is 6.10. The van der Waals surface area contributed by atoms with Crippen molar-refractivity contribution in [3.63, 3.8) is 0 Å². The van der Waals surface area contributed by atoms with Crippen LogP contribution in [-0.4, -0.2) is 41.1 Å². The fourth-order valence-corrected chi connectivity index (χ4v) is 1.94. The molecule has 0 saturated carbocycles. The van der Waals surface area contributed by atoms with Gasteiger partial charge in [0.05, 0.1) is 17.0 Å². The predicted octanol–water partition coefficient (Wildman–Crippen LogP) is 1.40. The van der Waals surface area contributed by atoms with E-state index in [0.29, 0.717) is 25.1 Å². The smallest absolute Gasteiger partial charge is 0.255 e. The third-order valence-corrected chi connectivity index (χ3v) is 3.12. The summed E-state index contributed by atoms with van der Waals surface area (Å²) < 4.78 is 0. The van der Waals surface area contributed by atoms with Crippen molar-refractivity contribution in [2.24, 2.45) is 11.1 Å². The fourth-order valence-electron chi connectivity index (χ4n) is 1.94. The molecule has 0 spiro atoms. The molecule has 1 aromatic rings. The zero-order valence-electron chi connectivity index (χ0n) is 12.5. The van der Waals surface area contributed by atoms with Crippen molar-refractivity contribution in [1.82, 2.24) is 15.1 Å². The van der Waals surface area contributed by atoms with E-state index in [2.05, 4.69) is 10.2 Å². The molecule has 1 amide bonds. The lowest BCUT2D eigenvalue weighted by Gasteiger charge is -2.29. The number of aromatic nitrogens is 2. The van der Waals surface area contributed by atoms with Crippen LogP contribution in [0.4, 0.5) is 0 Å². The average Bonchev–Trinajstić information content (AvgIpc) is 2.37. The summed E-state index contributed by atoms with van der Waals surface area (Å²) in [5.74, 6) is -0.0172. The van der Waals surface area contributed by atoms with Crippen molar-refractivity contribution in [3.8, 4) is 0 Å². The Kier molecular flexibility index (Phi) is 5.00. The van der Waals surface area contributed by atoms with E-state index in [1.54, 1.807) is 18.0 Å². The molecule has 19 heavy (non-hydrogen) atoms. The Balaban J connectivity index is 2.97. The van der Waals surface area contributed by atoms with Gasteiger partial charge in [-0.2, -0.15) is 10.2 Å². The summed E-state index contributed by atoms with van der Waals surface area (Å²) >= 11 is 0. The van der Waals surface area contributed by atoms with Gasteiger partial charge in [0, 0.05) is 13.6 Å². The fraction of sp³-hybridized carbons (Fsp3) is 0.643. The minimum atomic E-state index is -0.0910. The maximum atomic E-state index is 12.5. The first-order valence-corrected chi connectivity index (χ1v) is 6.59. The highest BCUT2D eigenvalue weighted by molar-refractivity contribution is 5.95. The summed E-state index contributed by atoms with van der Waals surface area (Å²) in [6, 6.07) is 1.81. The molecule has 1 heterocycles. The molecule has 0 aromatic carbocycles. The van der Waals surface area contributed by atoms with E-state index in [1.807, 2.05) is 27.7 Å². The van der Waals surface area contributed by atoms with Gasteiger partial charge in [0.2, 0.25) is 0 Å². The molecule has 0 aliphatic carbocycles. The van der Waals surface area contributed by atoms with Gasteiger partial charge in [-0.15, -0.1) is 0 Å². The molecule has 0 bridgehead atoms. The first-order chi connectivity index (χ1) is 8.80.